The predicted octanol–water partition coefficient (Wildman–Crippen LogP) is 5.95. The smallest absolute Gasteiger partial charge is 0.379 e. The second-order valence-electron chi connectivity index (χ2n) is 10.1. The molecule has 2 fully saturated rings. The lowest BCUT2D eigenvalue weighted by Crippen LogP contribution is -2.47. The zero-order valence-electron chi connectivity index (χ0n) is 20.8. The summed E-state index contributed by atoms with van der Waals surface area (Å²) in [4.78, 5) is 28.0. The number of nitrogens with one attached hydrogen (secondary N) is 1. The number of halogens is 7. The molecular formula is C27H27F7N2O3. The number of aliphatic hydroxyl groups excluding tert-OH is 1. The van der Waals surface area contributed by atoms with E-state index in [1.165, 1.54) is 17.0 Å². The van der Waals surface area contributed by atoms with Crippen LogP contribution in [0.5, 0.6) is 0 Å². The first-order valence-electron chi connectivity index (χ1n) is 12.5. The molecule has 2 amide bonds. The minimum atomic E-state index is -4.93. The SMILES string of the molecule is CC[C@@H]1C[C@H](C(=O)NC(c2ccc(C(F)(F)F)cc2F)C2CC2)N(C(=O)c2cccc(C(O)C(F)(F)F)c2)C1. The van der Waals surface area contributed by atoms with E-state index in [2.05, 4.69) is 5.32 Å². The number of likely N-dealkylation sites (tertiary alicyclic amines) is 1. The van der Waals surface area contributed by atoms with Crippen molar-refractivity contribution in [1.29, 1.82) is 0 Å². The van der Waals surface area contributed by atoms with Crippen LogP contribution < -0.4 is 5.32 Å². The van der Waals surface area contributed by atoms with Gasteiger partial charge < -0.3 is 15.3 Å². The molecule has 1 heterocycles. The molecule has 0 bridgehead atoms. The van der Waals surface area contributed by atoms with Gasteiger partial charge in [-0.1, -0.05) is 31.5 Å². The van der Waals surface area contributed by atoms with Crippen molar-refractivity contribution in [3.8, 4) is 0 Å². The van der Waals surface area contributed by atoms with Crippen molar-refractivity contribution in [1.82, 2.24) is 10.2 Å². The fourth-order valence-corrected chi connectivity index (χ4v) is 4.97. The molecule has 5 nitrogen and oxygen atoms in total. The van der Waals surface area contributed by atoms with Crippen molar-refractivity contribution in [2.75, 3.05) is 6.54 Å². The van der Waals surface area contributed by atoms with Gasteiger partial charge in [-0.25, -0.2) is 4.39 Å². The van der Waals surface area contributed by atoms with Gasteiger partial charge in [0.1, 0.15) is 11.9 Å². The van der Waals surface area contributed by atoms with E-state index >= 15 is 0 Å². The lowest BCUT2D eigenvalue weighted by molar-refractivity contribution is -0.206. The van der Waals surface area contributed by atoms with Crippen LogP contribution in [0.1, 0.15) is 71.8 Å². The highest BCUT2D eigenvalue weighted by Crippen LogP contribution is 2.43. The molecule has 0 aromatic heterocycles. The number of aliphatic hydroxyl groups is 1. The maximum atomic E-state index is 14.8. The number of nitrogens with zero attached hydrogens (tertiary/aromatic N) is 1. The second kappa shape index (κ2) is 10.8. The van der Waals surface area contributed by atoms with Crippen LogP contribution in [-0.2, 0) is 11.0 Å². The third-order valence-corrected chi connectivity index (χ3v) is 7.34. The van der Waals surface area contributed by atoms with Crippen molar-refractivity contribution < 1.29 is 45.4 Å². The number of hydrogen-bond donors (Lipinski definition) is 2. The first kappa shape index (κ1) is 28.8. The number of hydrogen-bond acceptors (Lipinski definition) is 3. The quantitative estimate of drug-likeness (QED) is 0.412. The van der Waals surface area contributed by atoms with Gasteiger partial charge in [-0.3, -0.25) is 9.59 Å². The van der Waals surface area contributed by atoms with Crippen molar-refractivity contribution in [2.45, 2.75) is 63.1 Å². The third-order valence-electron chi connectivity index (χ3n) is 7.34. The maximum absolute atomic E-state index is 14.8. The normalized spacial score (nSPS) is 21.5. The Morgan fingerprint density at radius 2 is 1.77 bits per heavy atom. The molecule has 1 saturated carbocycles. The van der Waals surface area contributed by atoms with Crippen LogP contribution in [0, 0.1) is 17.7 Å². The molecule has 2 N–H and O–H groups in total. The molecule has 4 rings (SSSR count). The van der Waals surface area contributed by atoms with Gasteiger partial charge in [-0.15, -0.1) is 0 Å². The average molecular weight is 561 g/mol. The van der Waals surface area contributed by atoms with E-state index in [0.717, 1.165) is 24.3 Å². The highest BCUT2D eigenvalue weighted by molar-refractivity contribution is 5.98. The summed E-state index contributed by atoms with van der Waals surface area (Å²) in [5.74, 6) is -2.70. The average Bonchev–Trinajstić information content (AvgIpc) is 3.63. The largest absolute Gasteiger partial charge is 0.418 e. The van der Waals surface area contributed by atoms with Crippen molar-refractivity contribution >= 4 is 11.8 Å². The number of amides is 2. The van der Waals surface area contributed by atoms with Gasteiger partial charge in [0.2, 0.25) is 5.91 Å². The Morgan fingerprint density at radius 1 is 1.08 bits per heavy atom. The summed E-state index contributed by atoms with van der Waals surface area (Å²) in [6.45, 7) is 2.01. The van der Waals surface area contributed by atoms with E-state index in [1.807, 2.05) is 6.92 Å². The van der Waals surface area contributed by atoms with E-state index < -0.39 is 59.3 Å². The van der Waals surface area contributed by atoms with Crippen molar-refractivity contribution in [2.24, 2.45) is 11.8 Å². The van der Waals surface area contributed by atoms with Gasteiger partial charge in [0.15, 0.2) is 6.10 Å². The molecule has 1 saturated heterocycles. The minimum Gasteiger partial charge on any atom is -0.379 e. The zero-order chi connectivity index (χ0) is 28.7. The van der Waals surface area contributed by atoms with Crippen LogP contribution in [0.15, 0.2) is 42.5 Å². The van der Waals surface area contributed by atoms with E-state index in [9.17, 15) is 45.4 Å². The molecule has 2 aromatic carbocycles. The summed E-state index contributed by atoms with van der Waals surface area (Å²) in [5.41, 5.74) is -1.90. The predicted molar refractivity (Wildman–Crippen MR) is 126 cm³/mol. The van der Waals surface area contributed by atoms with E-state index in [1.54, 1.807) is 0 Å². The van der Waals surface area contributed by atoms with Crippen LogP contribution in [0.2, 0.25) is 0 Å². The number of carbonyl (C=O) groups excluding carboxylic acids is 2. The van der Waals surface area contributed by atoms with Crippen molar-refractivity contribution in [3.63, 3.8) is 0 Å². The Balaban J connectivity index is 1.57. The Labute approximate surface area is 220 Å². The molecule has 1 aliphatic heterocycles. The maximum Gasteiger partial charge on any atom is 0.418 e. The molecule has 2 unspecified atom stereocenters. The van der Waals surface area contributed by atoms with Gasteiger partial charge in [-0.05, 0) is 60.9 Å². The van der Waals surface area contributed by atoms with Gasteiger partial charge in [0.25, 0.3) is 5.91 Å². The molecule has 12 heteroatoms. The molecule has 1 aliphatic carbocycles. The summed E-state index contributed by atoms with van der Waals surface area (Å²) in [6, 6.07) is 4.68. The van der Waals surface area contributed by atoms with Crippen molar-refractivity contribution in [3.05, 3.63) is 70.5 Å². The topological polar surface area (TPSA) is 69.6 Å². The first-order chi connectivity index (χ1) is 18.2. The molecule has 0 radical (unpaired) electrons. The molecular weight excluding hydrogens is 533 g/mol. The van der Waals surface area contributed by atoms with E-state index in [-0.39, 0.29) is 35.9 Å². The summed E-state index contributed by atoms with van der Waals surface area (Å²) >= 11 is 0. The Bertz CT molecular complexity index is 1230. The third kappa shape index (κ3) is 6.37. The molecule has 2 aliphatic rings. The minimum absolute atomic E-state index is 0.0872. The van der Waals surface area contributed by atoms with Crippen LogP contribution in [0.25, 0.3) is 0 Å². The summed E-state index contributed by atoms with van der Waals surface area (Å²) in [5, 5.41) is 12.3. The number of rotatable bonds is 7. The molecule has 4 atom stereocenters. The molecule has 0 spiro atoms. The number of carbonyl (C=O) groups is 2. The van der Waals surface area contributed by atoms with E-state index in [4.69, 9.17) is 0 Å². The zero-order valence-corrected chi connectivity index (χ0v) is 20.8. The van der Waals surface area contributed by atoms with Gasteiger partial charge in [0.05, 0.1) is 11.6 Å². The second-order valence-corrected chi connectivity index (χ2v) is 10.1. The number of alkyl halides is 6. The Hall–Kier alpha value is -3.15. The van der Waals surface area contributed by atoms with Gasteiger partial charge in [-0.2, -0.15) is 26.3 Å². The Kier molecular flexibility index (Phi) is 7.98. The summed E-state index contributed by atoms with van der Waals surface area (Å²) in [7, 11) is 0. The Morgan fingerprint density at radius 3 is 2.33 bits per heavy atom. The summed E-state index contributed by atoms with van der Waals surface area (Å²) in [6.07, 6.45) is -10.3. The summed E-state index contributed by atoms with van der Waals surface area (Å²) < 4.78 is 92.7. The fourth-order valence-electron chi connectivity index (χ4n) is 4.97. The standard InChI is InChI=1S/C27H27F7N2O3/c1-2-14-10-21(36(13-14)25(39)17-5-3-4-16(11-17)23(37)27(32,33)34)24(38)35-22(15-6-7-15)19-9-8-18(12-20(19)28)26(29,30)31/h3-5,8-9,11-12,14-15,21-23,37H,2,6-7,10,13H2,1H3,(H,35,38)/t14-,21-,22?,23?/m1/s1. The molecule has 2 aromatic rings. The monoisotopic (exact) mass is 560 g/mol. The first-order valence-corrected chi connectivity index (χ1v) is 12.5. The highest BCUT2D eigenvalue weighted by atomic mass is 19.4. The van der Waals surface area contributed by atoms with Crippen LogP contribution in [-0.4, -0.2) is 40.6 Å². The molecule has 212 valence electrons. The fraction of sp³-hybridized carbons (Fsp3) is 0.481. The van der Waals surface area contributed by atoms with Crippen LogP contribution >= 0.6 is 0 Å². The van der Waals surface area contributed by atoms with Crippen LogP contribution in [0.4, 0.5) is 30.7 Å². The van der Waals surface area contributed by atoms with Gasteiger partial charge in [0, 0.05) is 17.7 Å². The number of benzene rings is 2. The highest BCUT2D eigenvalue weighted by Gasteiger charge is 2.43. The lowest BCUT2D eigenvalue weighted by Gasteiger charge is -2.27. The molecule has 39 heavy (non-hydrogen) atoms. The lowest BCUT2D eigenvalue weighted by atomic mass is 9.98. The van der Waals surface area contributed by atoms with E-state index in [0.29, 0.717) is 25.3 Å². The van der Waals surface area contributed by atoms with Crippen LogP contribution in [0.3, 0.4) is 0 Å². The van der Waals surface area contributed by atoms with Gasteiger partial charge >= 0.3 is 12.4 Å².